The van der Waals surface area contributed by atoms with Gasteiger partial charge in [-0.2, -0.15) is 4.99 Å². The van der Waals surface area contributed by atoms with Crippen LogP contribution in [-0.2, 0) is 0 Å². The Bertz CT molecular complexity index is 866. The Hall–Kier alpha value is -2.35. The van der Waals surface area contributed by atoms with Crippen molar-refractivity contribution in [2.24, 2.45) is 21.5 Å². The number of aromatic amines is 1. The number of guanidine groups is 2. The predicted octanol–water partition coefficient (Wildman–Crippen LogP) is 2.47. The Morgan fingerprint density at radius 2 is 2.00 bits per heavy atom. The molecule has 9 heteroatoms. The molecule has 1 aromatic heterocycles. The Balaban J connectivity index is 1.95. The molecule has 1 fully saturated rings. The molecule has 2 aromatic rings. The molecule has 0 unspecified atom stereocenters. The number of rotatable bonds is 1. The smallest absolute Gasteiger partial charge is 0.220 e. The van der Waals surface area contributed by atoms with Crippen molar-refractivity contribution in [2.45, 2.75) is 37.8 Å². The maximum absolute atomic E-state index is 15.2. The van der Waals surface area contributed by atoms with Crippen molar-refractivity contribution >= 4 is 40.2 Å². The minimum Gasteiger partial charge on any atom is -0.369 e. The number of hydrogen-bond acceptors (Lipinski definition) is 6. The van der Waals surface area contributed by atoms with E-state index >= 15 is 4.39 Å². The summed E-state index contributed by atoms with van der Waals surface area (Å²) in [5.41, 5.74) is 12.1. The second-order valence-electron chi connectivity index (χ2n) is 6.14. The van der Waals surface area contributed by atoms with Gasteiger partial charge >= 0.3 is 0 Å². The molecule has 1 aliphatic heterocycles. The van der Waals surface area contributed by atoms with Gasteiger partial charge in [-0.05, 0) is 31.7 Å². The topological polar surface area (TPSA) is 109 Å². The van der Waals surface area contributed by atoms with E-state index in [1.165, 1.54) is 6.33 Å². The first kappa shape index (κ1) is 15.2. The molecule has 0 atom stereocenters. The summed E-state index contributed by atoms with van der Waals surface area (Å²) in [4.78, 5) is 17.0. The van der Waals surface area contributed by atoms with Crippen LogP contribution in [0.15, 0.2) is 22.4 Å². The Kier molecular flexibility index (Phi) is 3.38. The molecule has 0 saturated heterocycles. The normalized spacial score (nSPS) is 20.3. The monoisotopic (exact) mass is 349 g/mol. The molecule has 7 nitrogen and oxygen atoms in total. The molecule has 1 saturated carbocycles. The van der Waals surface area contributed by atoms with Crippen LogP contribution in [0.5, 0.6) is 0 Å². The molecule has 24 heavy (non-hydrogen) atoms. The van der Waals surface area contributed by atoms with Crippen LogP contribution >= 0.6 is 11.6 Å². The van der Waals surface area contributed by atoms with Crippen molar-refractivity contribution in [3.05, 3.63) is 23.2 Å². The van der Waals surface area contributed by atoms with Crippen molar-refractivity contribution in [1.29, 1.82) is 0 Å². The van der Waals surface area contributed by atoms with Crippen LogP contribution < -0.4 is 16.4 Å². The van der Waals surface area contributed by atoms with Crippen molar-refractivity contribution < 1.29 is 4.39 Å². The SMILES string of the molecule is NC1=NC2(CCCCC2)N(c2c(Cl)cc3[nH]cnc3c2F)C(N)=N1. The number of nitrogens with two attached hydrogens (primary N) is 2. The fourth-order valence-electron chi connectivity index (χ4n) is 3.65. The first-order valence-electron chi connectivity index (χ1n) is 7.83. The van der Waals surface area contributed by atoms with E-state index < -0.39 is 11.5 Å². The van der Waals surface area contributed by atoms with Gasteiger partial charge in [-0.1, -0.05) is 18.0 Å². The maximum atomic E-state index is 15.2. The molecule has 126 valence electrons. The number of hydrogen-bond donors (Lipinski definition) is 3. The Morgan fingerprint density at radius 3 is 2.75 bits per heavy atom. The summed E-state index contributed by atoms with van der Waals surface area (Å²) >= 11 is 6.38. The number of halogens is 2. The number of fused-ring (bicyclic) bond motifs is 1. The highest BCUT2D eigenvalue weighted by atomic mass is 35.5. The van der Waals surface area contributed by atoms with Crippen LogP contribution in [0.25, 0.3) is 11.0 Å². The van der Waals surface area contributed by atoms with E-state index in [0.29, 0.717) is 18.4 Å². The minimum absolute atomic E-state index is 0.0973. The van der Waals surface area contributed by atoms with Gasteiger partial charge in [0.25, 0.3) is 0 Å². The summed E-state index contributed by atoms with van der Waals surface area (Å²) in [5.74, 6) is -0.333. The fraction of sp³-hybridized carbons (Fsp3) is 0.400. The highest BCUT2D eigenvalue weighted by molar-refractivity contribution is 6.35. The fourth-order valence-corrected chi connectivity index (χ4v) is 3.93. The number of aromatic nitrogens is 2. The average Bonchev–Trinajstić information content (AvgIpc) is 2.99. The summed E-state index contributed by atoms with van der Waals surface area (Å²) in [7, 11) is 0. The molecule has 4 rings (SSSR count). The van der Waals surface area contributed by atoms with E-state index in [2.05, 4.69) is 20.0 Å². The molecule has 1 spiro atoms. The average molecular weight is 350 g/mol. The Morgan fingerprint density at radius 1 is 1.25 bits per heavy atom. The Labute approximate surface area is 142 Å². The lowest BCUT2D eigenvalue weighted by Gasteiger charge is -2.45. The molecule has 0 bridgehead atoms. The van der Waals surface area contributed by atoms with E-state index in [0.717, 1.165) is 19.3 Å². The van der Waals surface area contributed by atoms with E-state index in [-0.39, 0.29) is 28.1 Å². The van der Waals surface area contributed by atoms with Gasteiger partial charge < -0.3 is 16.5 Å². The van der Waals surface area contributed by atoms with Crippen molar-refractivity contribution in [3.63, 3.8) is 0 Å². The van der Waals surface area contributed by atoms with Gasteiger partial charge in [0.2, 0.25) is 11.9 Å². The molecule has 2 heterocycles. The largest absolute Gasteiger partial charge is 0.369 e. The molecular formula is C15H17ClFN7. The van der Waals surface area contributed by atoms with Gasteiger partial charge in [-0.3, -0.25) is 4.90 Å². The number of nitrogens with zero attached hydrogens (tertiary/aromatic N) is 4. The summed E-state index contributed by atoms with van der Waals surface area (Å²) in [6.45, 7) is 0. The van der Waals surface area contributed by atoms with E-state index in [1.54, 1.807) is 11.0 Å². The molecule has 1 aromatic carbocycles. The second-order valence-corrected chi connectivity index (χ2v) is 6.55. The molecule has 5 N–H and O–H groups in total. The highest BCUT2D eigenvalue weighted by Crippen LogP contribution is 2.44. The number of nitrogens with one attached hydrogen (secondary N) is 1. The van der Waals surface area contributed by atoms with Gasteiger partial charge in [0.05, 0.1) is 16.9 Å². The zero-order valence-corrected chi connectivity index (χ0v) is 13.6. The zero-order chi connectivity index (χ0) is 16.9. The van der Waals surface area contributed by atoms with Gasteiger partial charge in [-0.25, -0.2) is 14.4 Å². The molecule has 2 aliphatic rings. The molecule has 0 radical (unpaired) electrons. The zero-order valence-electron chi connectivity index (χ0n) is 12.9. The predicted molar refractivity (Wildman–Crippen MR) is 92.6 cm³/mol. The molecule has 0 amide bonds. The lowest BCUT2D eigenvalue weighted by atomic mass is 9.87. The van der Waals surface area contributed by atoms with E-state index in [4.69, 9.17) is 23.1 Å². The number of aliphatic imine (C=N–C) groups is 2. The number of anilines is 1. The van der Waals surface area contributed by atoms with Gasteiger partial charge in [0, 0.05) is 0 Å². The number of benzene rings is 1. The van der Waals surface area contributed by atoms with E-state index in [1.807, 2.05) is 0 Å². The third-order valence-electron chi connectivity index (χ3n) is 4.66. The first-order valence-corrected chi connectivity index (χ1v) is 8.20. The third kappa shape index (κ3) is 2.13. The second kappa shape index (κ2) is 5.34. The van der Waals surface area contributed by atoms with E-state index in [9.17, 15) is 0 Å². The van der Waals surface area contributed by atoms with Crippen molar-refractivity contribution in [2.75, 3.05) is 4.90 Å². The quantitative estimate of drug-likeness (QED) is 0.734. The van der Waals surface area contributed by atoms with Crippen LogP contribution in [0, 0.1) is 5.82 Å². The lowest BCUT2D eigenvalue weighted by molar-refractivity contribution is 0.304. The summed E-state index contributed by atoms with van der Waals surface area (Å²) in [6, 6.07) is 1.63. The third-order valence-corrected chi connectivity index (χ3v) is 4.95. The van der Waals surface area contributed by atoms with Crippen molar-refractivity contribution in [1.82, 2.24) is 9.97 Å². The van der Waals surface area contributed by atoms with Crippen molar-refractivity contribution in [3.8, 4) is 0 Å². The first-order chi connectivity index (χ1) is 11.5. The summed E-state index contributed by atoms with van der Waals surface area (Å²) in [5, 5.41) is 0.225. The van der Waals surface area contributed by atoms with Crippen LogP contribution in [0.1, 0.15) is 32.1 Å². The maximum Gasteiger partial charge on any atom is 0.220 e. The molecular weight excluding hydrogens is 333 g/mol. The summed E-state index contributed by atoms with van der Waals surface area (Å²) < 4.78 is 15.2. The van der Waals surface area contributed by atoms with Crippen LogP contribution in [-0.4, -0.2) is 27.5 Å². The number of imidazole rings is 1. The molecule has 1 aliphatic carbocycles. The van der Waals surface area contributed by atoms with Crippen LogP contribution in [0.2, 0.25) is 5.02 Å². The highest BCUT2D eigenvalue weighted by Gasteiger charge is 2.44. The lowest BCUT2D eigenvalue weighted by Crippen LogP contribution is -2.58. The van der Waals surface area contributed by atoms with Crippen LogP contribution in [0.3, 0.4) is 0 Å². The number of H-pyrrole nitrogens is 1. The van der Waals surface area contributed by atoms with Gasteiger partial charge in [0.15, 0.2) is 5.82 Å². The standard InChI is InChI=1S/C15H17ClFN7/c16-8-6-9-11(21-7-20-9)10(17)12(8)24-14(19)22-13(18)23-15(24)4-2-1-3-5-15/h6-7H,1-5H2,(H,20,21)(H4,18,19,22,23). The minimum atomic E-state index is -0.747. The summed E-state index contributed by atoms with van der Waals surface area (Å²) in [6.07, 6.45) is 5.83. The van der Waals surface area contributed by atoms with Crippen LogP contribution in [0.4, 0.5) is 10.1 Å². The van der Waals surface area contributed by atoms with Gasteiger partial charge in [-0.15, -0.1) is 0 Å². The van der Waals surface area contributed by atoms with Gasteiger partial charge in [0.1, 0.15) is 16.9 Å².